The number of aromatic nitrogens is 3. The maximum Gasteiger partial charge on any atom is 0.298 e. The first-order valence-corrected chi connectivity index (χ1v) is 15.6. The Bertz CT molecular complexity index is 2060. The molecule has 0 saturated carbocycles. The molecule has 4 aliphatic rings. The Morgan fingerprint density at radius 1 is 1.20 bits per heavy atom. The molecule has 12 heteroatoms. The average molecular weight is 624 g/mol. The zero-order valence-corrected chi connectivity index (χ0v) is 25.0. The number of rotatable bonds is 5. The number of hydrogen-bond donors (Lipinski definition) is 2. The summed E-state index contributed by atoms with van der Waals surface area (Å²) < 4.78 is 36.8. The summed E-state index contributed by atoms with van der Waals surface area (Å²) in [6.45, 7) is 2.51. The molecule has 0 spiro atoms. The summed E-state index contributed by atoms with van der Waals surface area (Å²) in [7, 11) is 0. The van der Waals surface area contributed by atoms with Crippen molar-refractivity contribution in [2.24, 2.45) is 0 Å². The van der Waals surface area contributed by atoms with Crippen LogP contribution in [0, 0.1) is 29.5 Å². The van der Waals surface area contributed by atoms with Crippen molar-refractivity contribution in [3.05, 3.63) is 57.8 Å². The van der Waals surface area contributed by atoms with Crippen LogP contribution in [0.25, 0.3) is 27.4 Å². The minimum absolute atomic E-state index is 0.00407. The Labute approximate surface area is 263 Å². The highest BCUT2D eigenvalue weighted by atomic mass is 19.1. The highest BCUT2D eigenvalue weighted by Crippen LogP contribution is 2.42. The molecule has 46 heavy (non-hydrogen) atoms. The van der Waals surface area contributed by atoms with Crippen LogP contribution in [-0.4, -0.2) is 81.4 Å². The first kappa shape index (κ1) is 28.7. The highest BCUT2D eigenvalue weighted by Gasteiger charge is 2.49. The number of nitrogens with zero attached hydrogens (tertiary/aromatic N) is 6. The smallest absolute Gasteiger partial charge is 0.298 e. The lowest BCUT2D eigenvalue weighted by Crippen LogP contribution is -2.51. The number of benzene rings is 2. The molecule has 234 valence electrons. The Hall–Kier alpha value is -4.78. The third-order valence-electron chi connectivity index (χ3n) is 10.2. The number of piperazine rings is 1. The van der Waals surface area contributed by atoms with Gasteiger partial charge in [-0.15, -0.1) is 6.42 Å². The van der Waals surface area contributed by atoms with Crippen molar-refractivity contribution in [1.82, 2.24) is 25.0 Å². The van der Waals surface area contributed by atoms with E-state index in [4.69, 9.17) is 11.2 Å². The zero-order chi connectivity index (χ0) is 31.7. The molecule has 4 saturated heterocycles. The maximum absolute atomic E-state index is 14.9. The van der Waals surface area contributed by atoms with Crippen LogP contribution in [0.15, 0.2) is 35.3 Å². The van der Waals surface area contributed by atoms with Gasteiger partial charge in [0.1, 0.15) is 41.5 Å². The van der Waals surface area contributed by atoms with Crippen molar-refractivity contribution in [2.45, 2.75) is 55.9 Å². The van der Waals surface area contributed by atoms with Gasteiger partial charge in [-0.3, -0.25) is 9.69 Å². The number of terminal acetylenes is 1. The Kier molecular flexibility index (Phi) is 6.64. The molecule has 0 aliphatic carbocycles. The lowest BCUT2D eigenvalue weighted by atomic mass is 9.95. The highest BCUT2D eigenvalue weighted by molar-refractivity contribution is 5.98. The molecule has 2 unspecified atom stereocenters. The van der Waals surface area contributed by atoms with Crippen molar-refractivity contribution in [3.8, 4) is 35.7 Å². The Morgan fingerprint density at radius 2 is 2.00 bits per heavy atom. The number of anilines is 1. The maximum atomic E-state index is 14.9. The van der Waals surface area contributed by atoms with Gasteiger partial charge < -0.3 is 20.1 Å². The number of phenols is 1. The van der Waals surface area contributed by atoms with Crippen molar-refractivity contribution in [2.75, 3.05) is 37.7 Å². The molecule has 8 rings (SSSR count). The SMILES string of the molecule is C#Cc1c(F)ccc2cc(O)cc(-n3ncc4c(N5CC6CCC(C5)N6)c(C#N)c(OC[C@@]56CCCN5C[C@H](F)C6)nc4c3=O)c12. The second-order valence-electron chi connectivity index (χ2n) is 12.9. The first-order chi connectivity index (χ1) is 22.3. The molecule has 4 fully saturated rings. The summed E-state index contributed by atoms with van der Waals surface area (Å²) >= 11 is 0. The molecule has 2 N–H and O–H groups in total. The number of ether oxygens (including phenoxy) is 1. The van der Waals surface area contributed by atoms with E-state index in [1.165, 1.54) is 30.5 Å². The number of fused-ring (bicyclic) bond motifs is 5. The molecule has 2 bridgehead atoms. The van der Waals surface area contributed by atoms with Gasteiger partial charge in [-0.25, -0.2) is 13.8 Å². The number of hydrogen-bond acceptors (Lipinski definition) is 9. The fraction of sp³-hybridized carbons (Fsp3) is 0.412. The van der Waals surface area contributed by atoms with Gasteiger partial charge >= 0.3 is 0 Å². The standard InChI is InChI=1S/C34H31F2N7O3/c1-2-24-27(36)7-4-19-10-23(44)11-28(29(19)24)43-33(45)30-26(14-38-43)31(41-16-21-5-6-22(17-41)39-21)25(13-37)32(40-30)46-18-34-8-3-9-42(34)15-20(35)12-34/h1,4,7,10-11,14,20-22,39,44H,3,5-6,8-9,12,15-18H2/t20-,21?,22?,34+/m1/s1. The van der Waals surface area contributed by atoms with E-state index in [1.807, 2.05) is 0 Å². The molecule has 2 aromatic heterocycles. The predicted molar refractivity (Wildman–Crippen MR) is 168 cm³/mol. The number of phenolic OH excluding ortho intramolecular Hbond substituents is 1. The summed E-state index contributed by atoms with van der Waals surface area (Å²) in [4.78, 5) is 23.2. The number of aromatic hydroxyl groups is 1. The molecule has 2 aromatic carbocycles. The summed E-state index contributed by atoms with van der Waals surface area (Å²) in [6.07, 6.45) is 10.2. The topological polar surface area (TPSA) is 120 Å². The minimum Gasteiger partial charge on any atom is -0.508 e. The van der Waals surface area contributed by atoms with Crippen LogP contribution >= 0.6 is 0 Å². The second-order valence-corrected chi connectivity index (χ2v) is 12.9. The molecule has 10 nitrogen and oxygen atoms in total. The van der Waals surface area contributed by atoms with Crippen LogP contribution in [0.5, 0.6) is 11.6 Å². The van der Waals surface area contributed by atoms with E-state index in [0.717, 1.165) is 36.9 Å². The number of alkyl halides is 1. The largest absolute Gasteiger partial charge is 0.508 e. The second kappa shape index (κ2) is 10.6. The van der Waals surface area contributed by atoms with Gasteiger partial charge in [0, 0.05) is 49.6 Å². The molecular formula is C34H31F2N7O3. The molecule has 4 aromatic rings. The average Bonchev–Trinajstić information content (AvgIpc) is 3.69. The molecule has 4 aliphatic heterocycles. The normalized spacial score (nSPS) is 25.6. The van der Waals surface area contributed by atoms with Crippen LogP contribution in [0.1, 0.15) is 43.2 Å². The van der Waals surface area contributed by atoms with Crippen molar-refractivity contribution < 1.29 is 18.6 Å². The van der Waals surface area contributed by atoms with Crippen LogP contribution in [-0.2, 0) is 0 Å². The molecular weight excluding hydrogens is 592 g/mol. The lowest BCUT2D eigenvalue weighted by molar-refractivity contribution is 0.110. The van der Waals surface area contributed by atoms with E-state index in [2.05, 4.69) is 37.2 Å². The van der Waals surface area contributed by atoms with Crippen molar-refractivity contribution in [1.29, 1.82) is 5.26 Å². The van der Waals surface area contributed by atoms with E-state index in [1.54, 1.807) is 0 Å². The molecule has 0 amide bonds. The number of halogens is 2. The third kappa shape index (κ3) is 4.39. The molecule has 0 radical (unpaired) electrons. The third-order valence-corrected chi connectivity index (χ3v) is 10.2. The quantitative estimate of drug-likeness (QED) is 0.322. The number of nitrogens with one attached hydrogen (secondary N) is 1. The van der Waals surface area contributed by atoms with Gasteiger partial charge in [0.2, 0.25) is 5.88 Å². The summed E-state index contributed by atoms with van der Waals surface area (Å²) in [5.41, 5.74) is -0.423. The fourth-order valence-electron chi connectivity index (χ4n) is 8.17. The summed E-state index contributed by atoms with van der Waals surface area (Å²) in [6, 6.07) is 8.17. The minimum atomic E-state index is -0.955. The van der Waals surface area contributed by atoms with Gasteiger partial charge in [0.25, 0.3) is 5.56 Å². The Balaban J connectivity index is 1.33. The van der Waals surface area contributed by atoms with Gasteiger partial charge in [-0.1, -0.05) is 12.0 Å². The Morgan fingerprint density at radius 3 is 2.76 bits per heavy atom. The van der Waals surface area contributed by atoms with Crippen LogP contribution in [0.2, 0.25) is 0 Å². The van der Waals surface area contributed by atoms with Crippen molar-refractivity contribution >= 4 is 27.4 Å². The van der Waals surface area contributed by atoms with Crippen LogP contribution in [0.4, 0.5) is 14.5 Å². The predicted octanol–water partition coefficient (Wildman–Crippen LogP) is 3.53. The fourth-order valence-corrected chi connectivity index (χ4v) is 8.17. The first-order valence-electron chi connectivity index (χ1n) is 15.6. The van der Waals surface area contributed by atoms with Gasteiger partial charge in [0.15, 0.2) is 0 Å². The zero-order valence-electron chi connectivity index (χ0n) is 25.0. The van der Waals surface area contributed by atoms with Gasteiger partial charge in [-0.05, 0) is 49.7 Å². The summed E-state index contributed by atoms with van der Waals surface area (Å²) in [5, 5.41) is 30.2. The van der Waals surface area contributed by atoms with Crippen molar-refractivity contribution in [3.63, 3.8) is 0 Å². The van der Waals surface area contributed by atoms with Crippen LogP contribution < -0.4 is 20.5 Å². The van der Waals surface area contributed by atoms with E-state index < -0.39 is 23.1 Å². The van der Waals surface area contributed by atoms with Gasteiger partial charge in [0.05, 0.1) is 34.1 Å². The number of pyridine rings is 1. The lowest BCUT2D eigenvalue weighted by Gasteiger charge is -2.36. The van der Waals surface area contributed by atoms with E-state index in [0.29, 0.717) is 42.5 Å². The number of nitriles is 1. The van der Waals surface area contributed by atoms with E-state index >= 15 is 0 Å². The van der Waals surface area contributed by atoms with E-state index in [-0.39, 0.29) is 58.0 Å². The molecule has 6 heterocycles. The van der Waals surface area contributed by atoms with Crippen LogP contribution in [0.3, 0.4) is 0 Å². The molecule has 4 atom stereocenters. The monoisotopic (exact) mass is 623 g/mol. The van der Waals surface area contributed by atoms with Gasteiger partial charge in [-0.2, -0.15) is 15.0 Å². The van der Waals surface area contributed by atoms with E-state index in [9.17, 15) is 23.9 Å². The summed E-state index contributed by atoms with van der Waals surface area (Å²) in [5.74, 6) is 1.55.